The molecule has 496 valence electrons. The fourth-order valence-electron chi connectivity index (χ4n) is 12.8. The van der Waals surface area contributed by atoms with Crippen molar-refractivity contribution in [2.45, 2.75) is 469 Å². The van der Waals surface area contributed by atoms with Gasteiger partial charge >= 0.3 is 5.97 Å². The Hall–Kier alpha value is -1.14. The first kappa shape index (κ1) is 81.9. The normalized spacial score (nSPS) is 12.4. The summed E-state index contributed by atoms with van der Waals surface area (Å²) in [5, 5.41) is 23.5. The van der Waals surface area contributed by atoms with Crippen molar-refractivity contribution in [1.29, 1.82) is 0 Å². The fraction of sp³-hybridized carbons (Fsp3) is 0.974. The number of amides is 1. The molecule has 0 aromatic rings. The minimum Gasteiger partial charge on any atom is -0.466 e. The molecular weight excluding hydrogens is 1020 g/mol. The Kier molecular flexibility index (Phi) is 72.3. The van der Waals surface area contributed by atoms with Gasteiger partial charge < -0.3 is 20.3 Å². The third-order valence-corrected chi connectivity index (χ3v) is 18.7. The van der Waals surface area contributed by atoms with E-state index >= 15 is 0 Å². The Labute approximate surface area is 521 Å². The quantitative estimate of drug-likeness (QED) is 0.0417. The van der Waals surface area contributed by atoms with Crippen LogP contribution in [0.3, 0.4) is 0 Å². The number of aliphatic hydroxyl groups excluding tert-OH is 2. The Morgan fingerprint density at radius 3 is 0.735 bits per heavy atom. The molecule has 83 heavy (non-hydrogen) atoms. The molecule has 3 N–H and O–H groups in total. The number of nitrogens with one attached hydrogen (secondary N) is 1. The van der Waals surface area contributed by atoms with E-state index in [0.717, 1.165) is 38.5 Å². The van der Waals surface area contributed by atoms with Crippen molar-refractivity contribution in [2.24, 2.45) is 0 Å². The number of hydrogen-bond donors (Lipinski definition) is 3. The van der Waals surface area contributed by atoms with Crippen LogP contribution < -0.4 is 5.32 Å². The van der Waals surface area contributed by atoms with Crippen LogP contribution in [-0.2, 0) is 14.3 Å². The van der Waals surface area contributed by atoms with Gasteiger partial charge in [0.05, 0.1) is 25.4 Å². The Balaban J connectivity index is 3.33. The molecule has 0 aliphatic carbocycles. The van der Waals surface area contributed by atoms with Crippen molar-refractivity contribution < 1.29 is 24.5 Å². The predicted octanol–water partition coefficient (Wildman–Crippen LogP) is 25.3. The summed E-state index contributed by atoms with van der Waals surface area (Å²) in [4.78, 5) is 24.7. The van der Waals surface area contributed by atoms with Crippen molar-refractivity contribution in [1.82, 2.24) is 5.32 Å². The second kappa shape index (κ2) is 73.3. The smallest absolute Gasteiger partial charge is 0.305 e. The minimum absolute atomic E-state index is 0.0240. The van der Waals surface area contributed by atoms with Gasteiger partial charge in [-0.05, 0) is 25.7 Å². The number of esters is 1. The summed E-state index contributed by atoms with van der Waals surface area (Å²) in [5.41, 5.74) is 0. The van der Waals surface area contributed by atoms with Gasteiger partial charge in [-0.1, -0.05) is 418 Å². The van der Waals surface area contributed by atoms with Crippen molar-refractivity contribution in [3.63, 3.8) is 0 Å². The van der Waals surface area contributed by atoms with Crippen LogP contribution in [0.4, 0.5) is 0 Å². The number of hydrogen-bond acceptors (Lipinski definition) is 5. The Bertz CT molecular complexity index is 1210. The van der Waals surface area contributed by atoms with Crippen LogP contribution in [0.15, 0.2) is 0 Å². The van der Waals surface area contributed by atoms with E-state index in [1.54, 1.807) is 0 Å². The minimum atomic E-state index is -0.662. The number of carbonyl (C=O) groups excluding carboxylic acids is 2. The number of ether oxygens (including phenoxy) is 1. The monoisotopic (exact) mass is 1170 g/mol. The molecule has 0 bridgehead atoms. The van der Waals surface area contributed by atoms with Gasteiger partial charge in [-0.25, -0.2) is 0 Å². The summed E-state index contributed by atoms with van der Waals surface area (Å²) in [6.07, 6.45) is 90.4. The van der Waals surface area contributed by atoms with Crippen LogP contribution in [0.25, 0.3) is 0 Å². The first-order valence-corrected chi connectivity index (χ1v) is 38.8. The molecule has 0 aromatic heterocycles. The van der Waals surface area contributed by atoms with Crippen LogP contribution in [-0.4, -0.2) is 47.4 Å². The third kappa shape index (κ3) is 69.8. The largest absolute Gasteiger partial charge is 0.466 e. The standard InChI is InChI=1S/C77H153NO5/c1-3-5-7-9-11-13-15-17-19-20-21-22-32-35-38-42-45-49-53-57-61-65-69-75(80)74(73-79)78-76(81)70-66-62-58-54-50-46-43-39-36-33-30-28-26-24-23-25-27-29-31-34-37-40-44-48-52-56-60-64-68-72-83-77(82)71-67-63-59-55-51-47-41-18-16-14-12-10-8-6-4-2/h74-75,79-80H,3-73H2,1-2H3,(H,78,81). The highest BCUT2D eigenvalue weighted by Crippen LogP contribution is 2.20. The van der Waals surface area contributed by atoms with E-state index in [4.69, 9.17) is 4.74 Å². The lowest BCUT2D eigenvalue weighted by molar-refractivity contribution is -0.143. The summed E-state index contributed by atoms with van der Waals surface area (Å²) in [5.74, 6) is -0.00128. The van der Waals surface area contributed by atoms with Crippen molar-refractivity contribution in [2.75, 3.05) is 13.2 Å². The molecule has 0 aromatic carbocycles. The zero-order chi connectivity index (χ0) is 59.9. The zero-order valence-corrected chi connectivity index (χ0v) is 57.0. The molecule has 0 spiro atoms. The number of carbonyl (C=O) groups is 2. The molecular formula is C77H153NO5. The maximum atomic E-state index is 12.6. The van der Waals surface area contributed by atoms with Crippen LogP contribution in [0.2, 0.25) is 0 Å². The average Bonchev–Trinajstić information content (AvgIpc) is 3.49. The maximum absolute atomic E-state index is 12.6. The van der Waals surface area contributed by atoms with Gasteiger partial charge in [0, 0.05) is 12.8 Å². The van der Waals surface area contributed by atoms with E-state index < -0.39 is 12.1 Å². The van der Waals surface area contributed by atoms with E-state index in [1.165, 1.54) is 385 Å². The molecule has 0 rings (SSSR count). The van der Waals surface area contributed by atoms with Gasteiger partial charge in [-0.15, -0.1) is 0 Å². The van der Waals surface area contributed by atoms with Crippen LogP contribution in [0.1, 0.15) is 457 Å². The summed E-state index contributed by atoms with van der Waals surface area (Å²) >= 11 is 0. The van der Waals surface area contributed by atoms with Gasteiger partial charge in [0.1, 0.15) is 0 Å². The average molecular weight is 1170 g/mol. The molecule has 0 aliphatic heterocycles. The topological polar surface area (TPSA) is 95.9 Å². The Morgan fingerprint density at radius 2 is 0.494 bits per heavy atom. The SMILES string of the molecule is CCCCCCCCCCCCCCCCCCCCCCCCC(O)C(CO)NC(=O)CCCCCCCCCCCCCCCCCCCCCCCCCCCCCCCOC(=O)CCCCCCCCCCCCCCCCC. The van der Waals surface area contributed by atoms with E-state index in [9.17, 15) is 19.8 Å². The van der Waals surface area contributed by atoms with Gasteiger partial charge in [0.25, 0.3) is 0 Å². The van der Waals surface area contributed by atoms with E-state index in [0.29, 0.717) is 25.9 Å². The summed E-state index contributed by atoms with van der Waals surface area (Å²) in [6, 6.07) is -0.539. The second-order valence-corrected chi connectivity index (χ2v) is 27.1. The number of rotatable bonds is 74. The van der Waals surface area contributed by atoms with Crippen molar-refractivity contribution in [3.8, 4) is 0 Å². The second-order valence-electron chi connectivity index (χ2n) is 27.1. The molecule has 0 saturated carbocycles. The van der Waals surface area contributed by atoms with Crippen molar-refractivity contribution >= 4 is 11.9 Å². The lowest BCUT2D eigenvalue weighted by atomic mass is 10.0. The van der Waals surface area contributed by atoms with Gasteiger partial charge in [-0.2, -0.15) is 0 Å². The molecule has 0 radical (unpaired) electrons. The molecule has 0 saturated heterocycles. The van der Waals surface area contributed by atoms with Crippen molar-refractivity contribution in [3.05, 3.63) is 0 Å². The molecule has 1 amide bonds. The third-order valence-electron chi connectivity index (χ3n) is 18.7. The molecule has 0 aliphatic rings. The Morgan fingerprint density at radius 1 is 0.289 bits per heavy atom. The highest BCUT2D eigenvalue weighted by Gasteiger charge is 2.20. The van der Waals surface area contributed by atoms with Crippen LogP contribution >= 0.6 is 0 Å². The van der Waals surface area contributed by atoms with Gasteiger partial charge in [-0.3, -0.25) is 9.59 Å². The summed E-state index contributed by atoms with van der Waals surface area (Å²) in [7, 11) is 0. The molecule has 2 unspecified atom stereocenters. The lowest BCUT2D eigenvalue weighted by Gasteiger charge is -2.22. The highest BCUT2D eigenvalue weighted by atomic mass is 16.5. The molecule has 2 atom stereocenters. The summed E-state index contributed by atoms with van der Waals surface area (Å²) < 4.78 is 5.51. The van der Waals surface area contributed by atoms with Crippen LogP contribution in [0, 0.1) is 0 Å². The molecule has 6 nitrogen and oxygen atoms in total. The molecule has 6 heteroatoms. The first-order chi connectivity index (χ1) is 41.0. The number of aliphatic hydroxyl groups is 2. The van der Waals surface area contributed by atoms with E-state index in [1.807, 2.05) is 0 Å². The van der Waals surface area contributed by atoms with E-state index in [2.05, 4.69) is 19.2 Å². The lowest BCUT2D eigenvalue weighted by Crippen LogP contribution is -2.45. The first-order valence-electron chi connectivity index (χ1n) is 38.8. The van der Waals surface area contributed by atoms with Gasteiger partial charge in [0.2, 0.25) is 5.91 Å². The van der Waals surface area contributed by atoms with Crippen LogP contribution in [0.5, 0.6) is 0 Å². The summed E-state index contributed by atoms with van der Waals surface area (Å²) in [6.45, 7) is 5.02. The van der Waals surface area contributed by atoms with Gasteiger partial charge in [0.15, 0.2) is 0 Å². The number of unbranched alkanes of at least 4 members (excludes halogenated alkanes) is 63. The zero-order valence-electron chi connectivity index (χ0n) is 57.0. The molecule has 0 fully saturated rings. The highest BCUT2D eigenvalue weighted by molar-refractivity contribution is 5.76. The maximum Gasteiger partial charge on any atom is 0.305 e. The molecule has 0 heterocycles. The fourth-order valence-corrected chi connectivity index (χ4v) is 12.8. The predicted molar refractivity (Wildman–Crippen MR) is 366 cm³/mol. The van der Waals surface area contributed by atoms with E-state index in [-0.39, 0.29) is 18.5 Å².